The number of Topliss-reactive ketones (excluding diaryl/α,β-unsaturated/α-hetero) is 1. The van der Waals surface area contributed by atoms with Gasteiger partial charge in [-0.2, -0.15) is 0 Å². The Bertz CT molecular complexity index is 461. The predicted octanol–water partition coefficient (Wildman–Crippen LogP) is 3.08. The average molecular weight is 232 g/mol. The Labute approximate surface area is 101 Å². The molecule has 1 aliphatic carbocycles. The Morgan fingerprint density at radius 1 is 1.12 bits per heavy atom. The summed E-state index contributed by atoms with van der Waals surface area (Å²) in [5.74, 6) is 1.43. The molecule has 17 heavy (non-hydrogen) atoms. The highest BCUT2D eigenvalue weighted by Crippen LogP contribution is 2.32. The molecule has 0 aromatic heterocycles. The van der Waals surface area contributed by atoms with Crippen LogP contribution in [-0.2, 0) is 0 Å². The highest BCUT2D eigenvalue weighted by atomic mass is 16.5. The third-order valence-electron chi connectivity index (χ3n) is 2.93. The zero-order valence-electron chi connectivity index (χ0n) is 10.2. The molecule has 0 atom stereocenters. The fraction of sp³-hybridized carbons (Fsp3) is 0.357. The van der Waals surface area contributed by atoms with Crippen LogP contribution in [0, 0.1) is 0 Å². The molecule has 2 rings (SSSR count). The Balaban J connectivity index is 2.56. The van der Waals surface area contributed by atoms with Crippen molar-refractivity contribution in [3.8, 4) is 11.5 Å². The summed E-state index contributed by atoms with van der Waals surface area (Å²) in [6.07, 6.45) is 6.51. The molecule has 3 heteroatoms. The molecule has 1 aromatic rings. The van der Waals surface area contributed by atoms with Crippen LogP contribution in [0.5, 0.6) is 11.5 Å². The van der Waals surface area contributed by atoms with Crippen LogP contribution >= 0.6 is 0 Å². The van der Waals surface area contributed by atoms with Crippen molar-refractivity contribution in [2.45, 2.75) is 19.3 Å². The Morgan fingerprint density at radius 3 is 2.53 bits per heavy atom. The zero-order chi connectivity index (χ0) is 12.3. The molecule has 0 aliphatic heterocycles. The van der Waals surface area contributed by atoms with E-state index in [1.807, 2.05) is 12.1 Å². The first-order chi connectivity index (χ1) is 8.26. The van der Waals surface area contributed by atoms with Crippen molar-refractivity contribution in [2.75, 3.05) is 14.2 Å². The minimum atomic E-state index is 0.172. The van der Waals surface area contributed by atoms with E-state index in [1.54, 1.807) is 20.3 Å². The maximum absolute atomic E-state index is 12.0. The second-order valence-corrected chi connectivity index (χ2v) is 4.01. The van der Waals surface area contributed by atoms with Gasteiger partial charge in [0.1, 0.15) is 0 Å². The van der Waals surface area contributed by atoms with Crippen molar-refractivity contribution in [3.63, 3.8) is 0 Å². The van der Waals surface area contributed by atoms with Crippen molar-refractivity contribution >= 4 is 11.9 Å². The van der Waals surface area contributed by atoms with Crippen LogP contribution in [-0.4, -0.2) is 20.0 Å². The van der Waals surface area contributed by atoms with Gasteiger partial charge in [-0.3, -0.25) is 4.79 Å². The fourth-order valence-corrected chi connectivity index (χ4v) is 2.00. The van der Waals surface area contributed by atoms with Crippen molar-refractivity contribution in [1.82, 2.24) is 0 Å². The lowest BCUT2D eigenvalue weighted by Crippen LogP contribution is -2.05. The lowest BCUT2D eigenvalue weighted by Gasteiger charge is -2.13. The SMILES string of the molecule is COc1cc2c(cc1OC)C(=O)CCC/C=C\2. The molecular weight excluding hydrogens is 216 g/mol. The Hall–Kier alpha value is -1.77. The summed E-state index contributed by atoms with van der Waals surface area (Å²) in [6, 6.07) is 3.63. The van der Waals surface area contributed by atoms with Gasteiger partial charge in [-0.15, -0.1) is 0 Å². The molecule has 0 saturated carbocycles. The minimum absolute atomic E-state index is 0.172. The second kappa shape index (κ2) is 5.04. The predicted molar refractivity (Wildman–Crippen MR) is 66.8 cm³/mol. The third-order valence-corrected chi connectivity index (χ3v) is 2.93. The smallest absolute Gasteiger partial charge is 0.163 e. The van der Waals surface area contributed by atoms with Gasteiger partial charge in [0.25, 0.3) is 0 Å². The van der Waals surface area contributed by atoms with Crippen LogP contribution in [0.2, 0.25) is 0 Å². The van der Waals surface area contributed by atoms with Crippen LogP contribution in [0.4, 0.5) is 0 Å². The molecular formula is C14H16O3. The number of hydrogen-bond acceptors (Lipinski definition) is 3. The molecule has 1 aliphatic rings. The number of benzene rings is 1. The van der Waals surface area contributed by atoms with Crippen LogP contribution in [0.1, 0.15) is 35.2 Å². The number of ether oxygens (including phenoxy) is 2. The standard InChI is InChI=1S/C14H16O3/c1-16-13-8-10-6-4-3-5-7-12(15)11(10)9-14(13)17-2/h4,6,8-9H,3,5,7H2,1-2H3/b6-4-. The molecule has 0 heterocycles. The number of hydrogen-bond donors (Lipinski definition) is 0. The summed E-state index contributed by atoms with van der Waals surface area (Å²) in [7, 11) is 3.17. The number of allylic oxidation sites excluding steroid dienone is 1. The van der Waals surface area contributed by atoms with E-state index in [-0.39, 0.29) is 5.78 Å². The van der Waals surface area contributed by atoms with Gasteiger partial charge in [0, 0.05) is 12.0 Å². The molecule has 1 aromatic carbocycles. The van der Waals surface area contributed by atoms with Gasteiger partial charge >= 0.3 is 0 Å². The van der Waals surface area contributed by atoms with Crippen molar-refractivity contribution < 1.29 is 14.3 Å². The van der Waals surface area contributed by atoms with E-state index in [9.17, 15) is 4.79 Å². The first kappa shape index (κ1) is 11.7. The van der Waals surface area contributed by atoms with Gasteiger partial charge in [-0.05, 0) is 30.5 Å². The monoisotopic (exact) mass is 232 g/mol. The van der Waals surface area contributed by atoms with Crippen LogP contribution in [0.25, 0.3) is 6.08 Å². The van der Waals surface area contributed by atoms with Gasteiger partial charge in [0.15, 0.2) is 17.3 Å². The highest BCUT2D eigenvalue weighted by Gasteiger charge is 2.16. The number of fused-ring (bicyclic) bond motifs is 1. The van der Waals surface area contributed by atoms with E-state index in [0.717, 1.165) is 24.0 Å². The highest BCUT2D eigenvalue weighted by molar-refractivity contribution is 6.00. The molecule has 3 nitrogen and oxygen atoms in total. The molecule has 0 spiro atoms. The van der Waals surface area contributed by atoms with Gasteiger partial charge < -0.3 is 9.47 Å². The molecule has 0 bridgehead atoms. The number of rotatable bonds is 2. The van der Waals surface area contributed by atoms with E-state index in [1.165, 1.54) is 0 Å². The fourth-order valence-electron chi connectivity index (χ4n) is 2.00. The molecule has 0 fully saturated rings. The van der Waals surface area contributed by atoms with E-state index >= 15 is 0 Å². The lowest BCUT2D eigenvalue weighted by molar-refractivity contribution is 0.0979. The second-order valence-electron chi connectivity index (χ2n) is 4.01. The third kappa shape index (κ3) is 2.33. The Kier molecular flexibility index (Phi) is 3.47. The first-order valence-electron chi connectivity index (χ1n) is 5.72. The summed E-state index contributed by atoms with van der Waals surface area (Å²) < 4.78 is 10.5. The average Bonchev–Trinajstić information content (AvgIpc) is 2.35. The molecule has 0 amide bonds. The van der Waals surface area contributed by atoms with Crippen molar-refractivity contribution in [3.05, 3.63) is 29.3 Å². The van der Waals surface area contributed by atoms with E-state index in [2.05, 4.69) is 6.08 Å². The zero-order valence-corrected chi connectivity index (χ0v) is 10.2. The summed E-state index contributed by atoms with van der Waals surface area (Å²) >= 11 is 0. The van der Waals surface area contributed by atoms with E-state index in [0.29, 0.717) is 17.9 Å². The maximum Gasteiger partial charge on any atom is 0.163 e. The minimum Gasteiger partial charge on any atom is -0.493 e. The summed E-state index contributed by atoms with van der Waals surface area (Å²) in [5, 5.41) is 0. The largest absolute Gasteiger partial charge is 0.493 e. The van der Waals surface area contributed by atoms with Crippen LogP contribution in [0.15, 0.2) is 18.2 Å². The number of methoxy groups -OCH3 is 2. The van der Waals surface area contributed by atoms with Crippen LogP contribution in [0.3, 0.4) is 0 Å². The van der Waals surface area contributed by atoms with Crippen LogP contribution < -0.4 is 9.47 Å². The van der Waals surface area contributed by atoms with Gasteiger partial charge in [-0.1, -0.05) is 12.2 Å². The van der Waals surface area contributed by atoms with Gasteiger partial charge in [0.05, 0.1) is 14.2 Å². The molecule has 0 unspecified atom stereocenters. The summed E-state index contributed by atoms with van der Waals surface area (Å²) in [4.78, 5) is 12.0. The first-order valence-corrected chi connectivity index (χ1v) is 5.72. The Morgan fingerprint density at radius 2 is 1.82 bits per heavy atom. The molecule has 0 N–H and O–H groups in total. The number of ketones is 1. The van der Waals surface area contributed by atoms with Crippen molar-refractivity contribution in [1.29, 1.82) is 0 Å². The number of carbonyl (C=O) groups excluding carboxylic acids is 1. The topological polar surface area (TPSA) is 35.5 Å². The summed E-state index contributed by atoms with van der Waals surface area (Å²) in [5.41, 5.74) is 1.63. The maximum atomic E-state index is 12.0. The lowest BCUT2D eigenvalue weighted by atomic mass is 9.96. The molecule has 0 saturated heterocycles. The van der Waals surface area contributed by atoms with E-state index < -0.39 is 0 Å². The van der Waals surface area contributed by atoms with E-state index in [4.69, 9.17) is 9.47 Å². The quantitative estimate of drug-likeness (QED) is 0.786. The summed E-state index contributed by atoms with van der Waals surface area (Å²) in [6.45, 7) is 0. The van der Waals surface area contributed by atoms with Crippen molar-refractivity contribution in [2.24, 2.45) is 0 Å². The van der Waals surface area contributed by atoms with Gasteiger partial charge in [-0.25, -0.2) is 0 Å². The number of carbonyl (C=O) groups is 1. The molecule has 0 radical (unpaired) electrons. The molecule has 90 valence electrons. The normalized spacial score (nSPS) is 16.7. The van der Waals surface area contributed by atoms with Gasteiger partial charge in [0.2, 0.25) is 0 Å².